The van der Waals surface area contributed by atoms with Crippen LogP contribution in [0, 0.1) is 0 Å². The number of benzene rings is 1. The van der Waals surface area contributed by atoms with E-state index in [1.165, 1.54) is 23.6 Å². The summed E-state index contributed by atoms with van der Waals surface area (Å²) < 4.78 is 11.5. The number of aromatic nitrogens is 2. The lowest BCUT2D eigenvalue weighted by Gasteiger charge is -2.30. The highest BCUT2D eigenvalue weighted by atomic mass is 32.1. The van der Waals surface area contributed by atoms with Gasteiger partial charge >= 0.3 is 0 Å². The van der Waals surface area contributed by atoms with E-state index in [4.69, 9.17) is 9.47 Å². The number of hydrogen-bond acceptors (Lipinski definition) is 8. The predicted octanol–water partition coefficient (Wildman–Crippen LogP) is 3.19. The average Bonchev–Trinajstić information content (AvgIpc) is 3.27. The summed E-state index contributed by atoms with van der Waals surface area (Å²) >= 11 is 1.29. The Balaban J connectivity index is 1.55. The van der Waals surface area contributed by atoms with Crippen molar-refractivity contribution in [3.8, 4) is 17.4 Å². The van der Waals surface area contributed by atoms with E-state index in [-0.39, 0.29) is 29.7 Å². The quantitative estimate of drug-likeness (QED) is 0.537. The van der Waals surface area contributed by atoms with Crippen LogP contribution in [0.2, 0.25) is 0 Å². The number of ether oxygens (including phenoxy) is 2. The minimum atomic E-state index is -0.435. The van der Waals surface area contributed by atoms with Gasteiger partial charge in [-0.3, -0.25) is 14.9 Å². The van der Waals surface area contributed by atoms with E-state index in [9.17, 15) is 14.7 Å². The maximum Gasteiger partial charge on any atom is 0.261 e. The summed E-state index contributed by atoms with van der Waals surface area (Å²) in [5.41, 5.74) is 0.700. The summed E-state index contributed by atoms with van der Waals surface area (Å²) in [5, 5.41) is 14.2. The normalized spacial score (nSPS) is 13.8. The third kappa shape index (κ3) is 5.04. The van der Waals surface area contributed by atoms with E-state index in [0.29, 0.717) is 16.4 Å². The van der Waals surface area contributed by atoms with Crippen molar-refractivity contribution in [1.82, 2.24) is 14.9 Å². The molecule has 3 heterocycles. The molecule has 0 spiro atoms. The van der Waals surface area contributed by atoms with Crippen LogP contribution in [0.4, 0.5) is 5.13 Å². The first-order chi connectivity index (χ1) is 15.5. The molecule has 1 atom stereocenters. The van der Waals surface area contributed by atoms with Crippen LogP contribution in [-0.4, -0.2) is 57.6 Å². The maximum absolute atomic E-state index is 12.9. The van der Waals surface area contributed by atoms with Gasteiger partial charge < -0.3 is 19.5 Å². The third-order valence-corrected chi connectivity index (χ3v) is 5.47. The fourth-order valence-electron chi connectivity index (χ4n) is 2.95. The van der Waals surface area contributed by atoms with E-state index in [2.05, 4.69) is 15.3 Å². The van der Waals surface area contributed by atoms with Gasteiger partial charge in [0.2, 0.25) is 5.88 Å². The summed E-state index contributed by atoms with van der Waals surface area (Å²) in [6.45, 7) is 3.08. The number of carbonyl (C=O) groups excluding carboxylic acids is 2. The fraction of sp³-hybridized carbons (Fsp3) is 0.273. The molecule has 0 radical (unpaired) electrons. The average molecular weight is 455 g/mol. The molecule has 32 heavy (non-hydrogen) atoms. The van der Waals surface area contributed by atoms with E-state index in [1.807, 2.05) is 0 Å². The number of amides is 2. The number of rotatable bonds is 8. The monoisotopic (exact) mass is 454 g/mol. The Labute approximate surface area is 188 Å². The van der Waals surface area contributed by atoms with Gasteiger partial charge in [0.25, 0.3) is 11.8 Å². The molecule has 0 aliphatic carbocycles. The summed E-state index contributed by atoms with van der Waals surface area (Å²) in [6.07, 6.45) is 3.64. The van der Waals surface area contributed by atoms with Crippen molar-refractivity contribution >= 4 is 28.3 Å². The van der Waals surface area contributed by atoms with Crippen LogP contribution in [0.1, 0.15) is 34.1 Å². The second kappa shape index (κ2) is 9.75. The molecule has 1 aromatic carbocycles. The molecule has 3 aromatic rings. The van der Waals surface area contributed by atoms with Crippen molar-refractivity contribution in [2.45, 2.75) is 19.4 Å². The van der Waals surface area contributed by atoms with Crippen LogP contribution >= 0.6 is 11.3 Å². The molecule has 1 aliphatic heterocycles. The van der Waals surface area contributed by atoms with Crippen molar-refractivity contribution in [1.29, 1.82) is 0 Å². The van der Waals surface area contributed by atoms with Gasteiger partial charge in [0.1, 0.15) is 17.6 Å². The summed E-state index contributed by atoms with van der Waals surface area (Å²) in [7, 11) is 0. The molecule has 166 valence electrons. The first-order valence-electron chi connectivity index (χ1n) is 10.1. The van der Waals surface area contributed by atoms with E-state index in [1.54, 1.807) is 47.7 Å². The Hall–Kier alpha value is -3.50. The highest BCUT2D eigenvalue weighted by molar-refractivity contribution is 7.13. The van der Waals surface area contributed by atoms with Gasteiger partial charge in [0.05, 0.1) is 17.7 Å². The minimum Gasteiger partial charge on any atom is -0.488 e. The van der Waals surface area contributed by atoms with E-state index >= 15 is 0 Å². The lowest BCUT2D eigenvalue weighted by molar-refractivity contribution is 0.0651. The van der Waals surface area contributed by atoms with Crippen molar-refractivity contribution < 1.29 is 24.2 Å². The Bertz CT molecular complexity index is 1080. The number of nitrogens with one attached hydrogen (secondary N) is 1. The standard InChI is InChI=1S/C22H22N4O5S/c1-14(13-27)30-16-4-5-18(17(11-16)20(28)25-22-23-7-10-32-22)31-19-6-3-15(12-24-19)21(29)26-8-2-9-26/h3-7,10-12,14,27H,2,8-9,13H2,1H3,(H,23,25,28)/t14-/m0/s1. The maximum atomic E-state index is 12.9. The SMILES string of the molecule is C[C@@H](CO)Oc1ccc(Oc2ccc(C(=O)N3CCC3)cn2)c(C(=O)Nc2nccs2)c1. The first kappa shape index (κ1) is 21.7. The third-order valence-electron chi connectivity index (χ3n) is 4.78. The molecule has 0 saturated carbocycles. The van der Waals surface area contributed by atoms with Crippen molar-refractivity contribution in [3.63, 3.8) is 0 Å². The van der Waals surface area contributed by atoms with Gasteiger partial charge in [0, 0.05) is 36.9 Å². The van der Waals surface area contributed by atoms with Crippen molar-refractivity contribution in [2.75, 3.05) is 25.0 Å². The molecule has 2 amide bonds. The summed E-state index contributed by atoms with van der Waals surface area (Å²) in [5.74, 6) is 0.426. The zero-order chi connectivity index (χ0) is 22.5. The second-order valence-electron chi connectivity index (χ2n) is 7.19. The van der Waals surface area contributed by atoms with E-state index in [0.717, 1.165) is 19.5 Å². The molecule has 1 aliphatic rings. The largest absolute Gasteiger partial charge is 0.488 e. The highest BCUT2D eigenvalue weighted by Gasteiger charge is 2.22. The molecule has 10 heteroatoms. The summed E-state index contributed by atoms with van der Waals surface area (Å²) in [6, 6.07) is 8.01. The fourth-order valence-corrected chi connectivity index (χ4v) is 3.47. The number of nitrogens with zero attached hydrogens (tertiary/aromatic N) is 3. The van der Waals surface area contributed by atoms with Gasteiger partial charge in [-0.1, -0.05) is 0 Å². The van der Waals surface area contributed by atoms with Crippen LogP contribution in [0.25, 0.3) is 0 Å². The van der Waals surface area contributed by atoms with Gasteiger partial charge in [-0.05, 0) is 37.6 Å². The lowest BCUT2D eigenvalue weighted by atomic mass is 10.1. The number of thiazole rings is 1. The van der Waals surface area contributed by atoms with Crippen molar-refractivity contribution in [2.24, 2.45) is 0 Å². The number of hydrogen-bond donors (Lipinski definition) is 2. The molecule has 0 unspecified atom stereocenters. The molecule has 1 fully saturated rings. The number of carbonyl (C=O) groups is 2. The Kier molecular flexibility index (Phi) is 6.62. The van der Waals surface area contributed by atoms with Gasteiger partial charge in [-0.25, -0.2) is 9.97 Å². The van der Waals surface area contributed by atoms with Crippen LogP contribution in [0.15, 0.2) is 48.1 Å². The Morgan fingerprint density at radius 1 is 1.25 bits per heavy atom. The van der Waals surface area contributed by atoms with Crippen LogP contribution in [0.3, 0.4) is 0 Å². The topological polar surface area (TPSA) is 114 Å². The van der Waals surface area contributed by atoms with Crippen molar-refractivity contribution in [3.05, 3.63) is 59.2 Å². The van der Waals surface area contributed by atoms with E-state index < -0.39 is 12.0 Å². The van der Waals surface area contributed by atoms with Gasteiger partial charge in [-0.15, -0.1) is 11.3 Å². The molecule has 1 saturated heterocycles. The number of aliphatic hydroxyl groups is 1. The molecule has 4 rings (SSSR count). The zero-order valence-corrected chi connectivity index (χ0v) is 18.2. The van der Waals surface area contributed by atoms with Crippen LogP contribution < -0.4 is 14.8 Å². The van der Waals surface area contributed by atoms with Gasteiger partial charge in [-0.2, -0.15) is 0 Å². The smallest absolute Gasteiger partial charge is 0.261 e. The Morgan fingerprint density at radius 3 is 2.72 bits per heavy atom. The Morgan fingerprint density at radius 2 is 2.09 bits per heavy atom. The number of likely N-dealkylation sites (tertiary alicyclic amines) is 1. The molecule has 2 N–H and O–H groups in total. The number of pyridine rings is 1. The number of anilines is 1. The second-order valence-corrected chi connectivity index (χ2v) is 8.09. The lowest BCUT2D eigenvalue weighted by Crippen LogP contribution is -2.42. The van der Waals surface area contributed by atoms with Gasteiger partial charge in [0.15, 0.2) is 5.13 Å². The summed E-state index contributed by atoms with van der Waals surface area (Å²) in [4.78, 5) is 35.2. The molecule has 9 nitrogen and oxygen atoms in total. The van der Waals surface area contributed by atoms with Crippen LogP contribution in [0.5, 0.6) is 17.4 Å². The first-order valence-corrected chi connectivity index (χ1v) is 11.0. The minimum absolute atomic E-state index is 0.0571. The zero-order valence-electron chi connectivity index (χ0n) is 17.4. The predicted molar refractivity (Wildman–Crippen MR) is 119 cm³/mol. The van der Waals surface area contributed by atoms with Crippen LogP contribution in [-0.2, 0) is 0 Å². The number of aliphatic hydroxyl groups excluding tert-OH is 1. The highest BCUT2D eigenvalue weighted by Crippen LogP contribution is 2.30. The molecule has 0 bridgehead atoms. The molecular weight excluding hydrogens is 432 g/mol. The molecular formula is C22H22N4O5S. The molecule has 2 aromatic heterocycles.